The van der Waals surface area contributed by atoms with Crippen molar-refractivity contribution in [1.29, 1.82) is 0 Å². The lowest BCUT2D eigenvalue weighted by atomic mass is 10.1. The van der Waals surface area contributed by atoms with Crippen LogP contribution in [0.25, 0.3) is 11.0 Å². The molecule has 0 fully saturated rings. The van der Waals surface area contributed by atoms with Crippen LogP contribution in [0, 0.1) is 5.92 Å². The summed E-state index contributed by atoms with van der Waals surface area (Å²) in [6, 6.07) is 5.40. The molecule has 2 aromatic rings. The quantitative estimate of drug-likeness (QED) is 0.903. The fraction of sp³-hybridized carbons (Fsp3) is 0.385. The van der Waals surface area contributed by atoms with Gasteiger partial charge in [0.25, 0.3) is 0 Å². The van der Waals surface area contributed by atoms with Crippen LogP contribution >= 0.6 is 0 Å². The standard InChI is InChI=1S/C13H16N2O3/c1-4-8(2)13(16)14-12-11-9(17-3)6-5-7-10(11)18-15-12/h5-8H,4H2,1-3H3,(H,14,15,16). The van der Waals surface area contributed by atoms with E-state index < -0.39 is 0 Å². The SMILES string of the molecule is CCC(C)C(=O)Nc1noc2cccc(OC)c12. The van der Waals surface area contributed by atoms with Crippen molar-refractivity contribution in [2.45, 2.75) is 20.3 Å². The summed E-state index contributed by atoms with van der Waals surface area (Å²) in [4.78, 5) is 11.9. The molecule has 0 bridgehead atoms. The Balaban J connectivity index is 2.37. The van der Waals surface area contributed by atoms with E-state index in [9.17, 15) is 4.79 Å². The molecule has 5 nitrogen and oxygen atoms in total. The summed E-state index contributed by atoms with van der Waals surface area (Å²) in [7, 11) is 1.57. The highest BCUT2D eigenvalue weighted by atomic mass is 16.5. The van der Waals surface area contributed by atoms with E-state index in [0.29, 0.717) is 22.5 Å². The van der Waals surface area contributed by atoms with Gasteiger partial charge in [-0.2, -0.15) is 0 Å². The summed E-state index contributed by atoms with van der Waals surface area (Å²) in [6.45, 7) is 3.83. The number of carbonyl (C=O) groups is 1. The predicted octanol–water partition coefficient (Wildman–Crippen LogP) is 2.82. The molecule has 0 saturated heterocycles. The normalized spacial score (nSPS) is 12.4. The number of rotatable bonds is 4. The zero-order chi connectivity index (χ0) is 13.1. The molecule has 18 heavy (non-hydrogen) atoms. The van der Waals surface area contributed by atoms with Gasteiger partial charge >= 0.3 is 0 Å². The van der Waals surface area contributed by atoms with Gasteiger partial charge in [-0.15, -0.1) is 0 Å². The Morgan fingerprint density at radius 1 is 1.56 bits per heavy atom. The molecule has 0 aliphatic rings. The Bertz CT molecular complexity index is 562. The lowest BCUT2D eigenvalue weighted by molar-refractivity contribution is -0.119. The van der Waals surface area contributed by atoms with Crippen molar-refractivity contribution in [3.63, 3.8) is 0 Å². The van der Waals surface area contributed by atoms with Gasteiger partial charge < -0.3 is 14.6 Å². The number of anilines is 1. The number of benzene rings is 1. The maximum Gasteiger partial charge on any atom is 0.228 e. The van der Waals surface area contributed by atoms with E-state index in [2.05, 4.69) is 10.5 Å². The predicted molar refractivity (Wildman–Crippen MR) is 68.6 cm³/mol. The third-order valence-electron chi connectivity index (χ3n) is 2.98. The van der Waals surface area contributed by atoms with Crippen LogP contribution in [0.2, 0.25) is 0 Å². The van der Waals surface area contributed by atoms with Crippen molar-refractivity contribution in [2.75, 3.05) is 12.4 Å². The number of ether oxygens (including phenoxy) is 1. The fourth-order valence-corrected chi connectivity index (χ4v) is 1.64. The van der Waals surface area contributed by atoms with Crippen LogP contribution in [0.15, 0.2) is 22.7 Å². The molecule has 0 radical (unpaired) electrons. The van der Waals surface area contributed by atoms with Crippen LogP contribution in [0.4, 0.5) is 5.82 Å². The minimum Gasteiger partial charge on any atom is -0.496 e. The van der Waals surface area contributed by atoms with E-state index in [0.717, 1.165) is 6.42 Å². The zero-order valence-corrected chi connectivity index (χ0v) is 10.7. The van der Waals surface area contributed by atoms with Gasteiger partial charge in [0, 0.05) is 5.92 Å². The Morgan fingerprint density at radius 3 is 3.00 bits per heavy atom. The molecule has 1 N–H and O–H groups in total. The van der Waals surface area contributed by atoms with Gasteiger partial charge in [0.15, 0.2) is 11.4 Å². The molecule has 1 unspecified atom stereocenters. The number of aromatic nitrogens is 1. The van der Waals surface area contributed by atoms with Crippen molar-refractivity contribution in [1.82, 2.24) is 5.16 Å². The first-order valence-corrected chi connectivity index (χ1v) is 5.90. The molecule has 0 aliphatic heterocycles. The minimum absolute atomic E-state index is 0.0635. The second-order valence-corrected chi connectivity index (χ2v) is 4.16. The van der Waals surface area contributed by atoms with Gasteiger partial charge in [-0.05, 0) is 18.6 Å². The van der Waals surface area contributed by atoms with Crippen molar-refractivity contribution in [2.24, 2.45) is 5.92 Å². The van der Waals surface area contributed by atoms with Crippen LogP contribution in [0.3, 0.4) is 0 Å². The summed E-state index contributed by atoms with van der Waals surface area (Å²) in [5, 5.41) is 7.33. The van der Waals surface area contributed by atoms with E-state index >= 15 is 0 Å². The highest BCUT2D eigenvalue weighted by Crippen LogP contribution is 2.32. The maximum absolute atomic E-state index is 11.9. The number of fused-ring (bicyclic) bond motifs is 1. The van der Waals surface area contributed by atoms with Crippen molar-refractivity contribution in [3.8, 4) is 5.75 Å². The first kappa shape index (κ1) is 12.4. The molecule has 1 atom stereocenters. The average Bonchev–Trinajstić information content (AvgIpc) is 2.81. The topological polar surface area (TPSA) is 64.4 Å². The van der Waals surface area contributed by atoms with Crippen molar-refractivity contribution >= 4 is 22.7 Å². The molecule has 1 heterocycles. The van der Waals surface area contributed by atoms with Gasteiger partial charge in [-0.3, -0.25) is 4.79 Å². The number of amides is 1. The number of hydrogen-bond acceptors (Lipinski definition) is 4. The number of nitrogens with one attached hydrogen (secondary N) is 1. The second-order valence-electron chi connectivity index (χ2n) is 4.16. The summed E-state index contributed by atoms with van der Waals surface area (Å²) < 4.78 is 10.4. The van der Waals surface area contributed by atoms with Gasteiger partial charge in [-0.1, -0.05) is 25.1 Å². The average molecular weight is 248 g/mol. The largest absolute Gasteiger partial charge is 0.496 e. The molecule has 1 aromatic carbocycles. The second kappa shape index (κ2) is 5.08. The van der Waals surface area contributed by atoms with E-state index in [4.69, 9.17) is 9.26 Å². The van der Waals surface area contributed by atoms with Crippen LogP contribution in [0.1, 0.15) is 20.3 Å². The van der Waals surface area contributed by atoms with Crippen LogP contribution in [-0.2, 0) is 4.79 Å². The van der Waals surface area contributed by atoms with Gasteiger partial charge in [0.2, 0.25) is 5.91 Å². The van der Waals surface area contributed by atoms with E-state index in [1.54, 1.807) is 19.2 Å². The molecule has 0 saturated carbocycles. The number of hydrogen-bond donors (Lipinski definition) is 1. The van der Waals surface area contributed by atoms with Gasteiger partial charge in [-0.25, -0.2) is 0 Å². The number of nitrogens with zero attached hydrogens (tertiary/aromatic N) is 1. The van der Waals surface area contributed by atoms with E-state index in [1.165, 1.54) is 0 Å². The highest BCUT2D eigenvalue weighted by Gasteiger charge is 2.17. The number of methoxy groups -OCH3 is 1. The first-order chi connectivity index (χ1) is 8.67. The number of carbonyl (C=O) groups excluding carboxylic acids is 1. The summed E-state index contributed by atoms with van der Waals surface area (Å²) in [6.07, 6.45) is 0.777. The lowest BCUT2D eigenvalue weighted by Crippen LogP contribution is -2.19. The van der Waals surface area contributed by atoms with Crippen molar-refractivity contribution in [3.05, 3.63) is 18.2 Å². The lowest BCUT2D eigenvalue weighted by Gasteiger charge is -2.08. The first-order valence-electron chi connectivity index (χ1n) is 5.90. The molecule has 0 spiro atoms. The molecule has 0 aliphatic carbocycles. The minimum atomic E-state index is -0.0707. The summed E-state index contributed by atoms with van der Waals surface area (Å²) >= 11 is 0. The third-order valence-corrected chi connectivity index (χ3v) is 2.98. The van der Waals surface area contributed by atoms with E-state index in [1.807, 2.05) is 19.9 Å². The Hall–Kier alpha value is -2.04. The van der Waals surface area contributed by atoms with Crippen molar-refractivity contribution < 1.29 is 14.1 Å². The molecular formula is C13H16N2O3. The molecule has 96 valence electrons. The smallest absolute Gasteiger partial charge is 0.228 e. The molecule has 1 amide bonds. The summed E-state index contributed by atoms with van der Waals surface area (Å²) in [5.74, 6) is 0.908. The summed E-state index contributed by atoms with van der Waals surface area (Å²) in [5.41, 5.74) is 0.591. The van der Waals surface area contributed by atoms with E-state index in [-0.39, 0.29) is 11.8 Å². The van der Waals surface area contributed by atoms with Gasteiger partial charge in [0.05, 0.1) is 7.11 Å². The molecule has 2 rings (SSSR count). The highest BCUT2D eigenvalue weighted by molar-refractivity contribution is 6.02. The van der Waals surface area contributed by atoms with Crippen LogP contribution in [0.5, 0.6) is 5.75 Å². The Labute approximate surface area is 105 Å². The monoisotopic (exact) mass is 248 g/mol. The molecule has 5 heteroatoms. The Morgan fingerprint density at radius 2 is 2.33 bits per heavy atom. The van der Waals surface area contributed by atoms with Gasteiger partial charge in [0.1, 0.15) is 11.1 Å². The zero-order valence-electron chi connectivity index (χ0n) is 10.7. The fourth-order valence-electron chi connectivity index (χ4n) is 1.64. The van der Waals surface area contributed by atoms with Crippen LogP contribution < -0.4 is 10.1 Å². The maximum atomic E-state index is 11.9. The molecular weight excluding hydrogens is 232 g/mol. The Kier molecular flexibility index (Phi) is 3.50. The molecule has 1 aromatic heterocycles. The van der Waals surface area contributed by atoms with Crippen LogP contribution in [-0.4, -0.2) is 18.2 Å². The third kappa shape index (κ3) is 2.16.